The number of phenols is 1. The smallest absolute Gasteiger partial charge is 0.244 e. The number of nitrogens with zero attached hydrogens (tertiary/aromatic N) is 2. The van der Waals surface area contributed by atoms with E-state index in [1.807, 2.05) is 23.6 Å². The van der Waals surface area contributed by atoms with E-state index in [1.54, 1.807) is 29.5 Å². The number of nitrogens with two attached hydrogens (primary N) is 1. The summed E-state index contributed by atoms with van der Waals surface area (Å²) in [7, 11) is 0. The molecular formula is C17H12N4O2S. The molecule has 3 aromatic rings. The molecule has 0 saturated carbocycles. The molecule has 4 rings (SSSR count). The molecule has 0 amide bonds. The van der Waals surface area contributed by atoms with Crippen molar-refractivity contribution in [3.63, 3.8) is 0 Å². The van der Waals surface area contributed by atoms with Gasteiger partial charge >= 0.3 is 0 Å². The Morgan fingerprint density at radius 1 is 1.33 bits per heavy atom. The number of hydrogen-bond donors (Lipinski definition) is 3. The second-order valence-corrected chi connectivity index (χ2v) is 6.26. The van der Waals surface area contributed by atoms with Gasteiger partial charge in [-0.25, -0.2) is 0 Å². The number of nitrogens with one attached hydrogen (secondary N) is 1. The van der Waals surface area contributed by atoms with Crippen molar-refractivity contribution in [2.24, 2.45) is 5.73 Å². The van der Waals surface area contributed by atoms with E-state index in [0.29, 0.717) is 11.5 Å². The number of H-pyrrole nitrogens is 1. The Balaban J connectivity index is 1.97. The molecule has 6 nitrogen and oxygen atoms in total. The molecule has 2 aromatic heterocycles. The second-order valence-electron chi connectivity index (χ2n) is 5.31. The van der Waals surface area contributed by atoms with Gasteiger partial charge in [0.2, 0.25) is 11.8 Å². The molecule has 0 radical (unpaired) electrons. The third-order valence-corrected chi connectivity index (χ3v) is 4.80. The minimum absolute atomic E-state index is 0.0302. The number of phenolic OH excluding ortho intramolecular Hbond substituents is 1. The van der Waals surface area contributed by atoms with Crippen LogP contribution in [0.25, 0.3) is 10.6 Å². The van der Waals surface area contributed by atoms with Gasteiger partial charge in [-0.2, -0.15) is 5.26 Å². The standard InChI is InChI=1S/C17H12N4O2S/c18-8-11-13(9-3-1-4-10(22)7-9)14-15(12-5-2-6-24-12)20-21-17(14)23-16(11)19/h1-7,13,22H,19H2,(H,20,21)/t13-/m1/s1. The Morgan fingerprint density at radius 3 is 2.92 bits per heavy atom. The van der Waals surface area contributed by atoms with E-state index in [0.717, 1.165) is 21.7 Å². The first-order valence-electron chi connectivity index (χ1n) is 7.17. The summed E-state index contributed by atoms with van der Waals surface area (Å²) in [5.41, 5.74) is 8.50. The highest BCUT2D eigenvalue weighted by Gasteiger charge is 2.35. The van der Waals surface area contributed by atoms with Crippen LogP contribution < -0.4 is 10.5 Å². The molecule has 0 spiro atoms. The summed E-state index contributed by atoms with van der Waals surface area (Å²) in [5, 5.41) is 28.6. The van der Waals surface area contributed by atoms with Crippen molar-refractivity contribution in [1.82, 2.24) is 10.2 Å². The monoisotopic (exact) mass is 336 g/mol. The van der Waals surface area contributed by atoms with Crippen LogP contribution in [-0.4, -0.2) is 15.3 Å². The lowest BCUT2D eigenvalue weighted by atomic mass is 9.84. The van der Waals surface area contributed by atoms with Crippen LogP contribution in [0.1, 0.15) is 17.0 Å². The summed E-state index contributed by atoms with van der Waals surface area (Å²) in [6.45, 7) is 0. The Hall–Kier alpha value is -3.24. The van der Waals surface area contributed by atoms with Crippen molar-refractivity contribution >= 4 is 11.3 Å². The summed E-state index contributed by atoms with van der Waals surface area (Å²) >= 11 is 1.56. The van der Waals surface area contributed by atoms with E-state index < -0.39 is 5.92 Å². The van der Waals surface area contributed by atoms with Crippen molar-refractivity contribution < 1.29 is 9.84 Å². The van der Waals surface area contributed by atoms with E-state index >= 15 is 0 Å². The fourth-order valence-corrected chi connectivity index (χ4v) is 3.63. The van der Waals surface area contributed by atoms with Gasteiger partial charge in [0.1, 0.15) is 17.4 Å². The maximum atomic E-state index is 9.84. The maximum Gasteiger partial charge on any atom is 0.244 e. The van der Waals surface area contributed by atoms with Gasteiger partial charge in [0.15, 0.2) is 0 Å². The van der Waals surface area contributed by atoms with Crippen molar-refractivity contribution in [2.75, 3.05) is 0 Å². The Kier molecular flexibility index (Phi) is 3.25. The number of aromatic hydroxyl groups is 1. The summed E-state index contributed by atoms with van der Waals surface area (Å²) in [6, 6.07) is 12.8. The summed E-state index contributed by atoms with van der Waals surface area (Å²) in [5.74, 6) is 0.0464. The van der Waals surface area contributed by atoms with Gasteiger partial charge < -0.3 is 15.6 Å². The number of rotatable bonds is 2. The van der Waals surface area contributed by atoms with Crippen LogP contribution >= 0.6 is 11.3 Å². The highest BCUT2D eigenvalue weighted by atomic mass is 32.1. The first kappa shape index (κ1) is 14.4. The number of ether oxygens (including phenoxy) is 1. The maximum absolute atomic E-state index is 9.84. The SMILES string of the molecule is N#CC1=C(N)Oc2n[nH]c(-c3cccs3)c2[C@@H]1c1cccc(O)c1. The largest absolute Gasteiger partial charge is 0.508 e. The van der Waals surface area contributed by atoms with E-state index in [4.69, 9.17) is 10.5 Å². The zero-order valence-electron chi connectivity index (χ0n) is 12.4. The van der Waals surface area contributed by atoms with Crippen LogP contribution in [0.4, 0.5) is 0 Å². The number of allylic oxidation sites excluding steroid dienone is 1. The van der Waals surface area contributed by atoms with Gasteiger partial charge in [0.25, 0.3) is 0 Å². The normalized spacial score (nSPS) is 16.4. The van der Waals surface area contributed by atoms with E-state index in [1.165, 1.54) is 0 Å². The molecule has 1 aromatic carbocycles. The number of fused-ring (bicyclic) bond motifs is 1. The molecular weight excluding hydrogens is 324 g/mol. The molecule has 0 aliphatic carbocycles. The van der Waals surface area contributed by atoms with Gasteiger partial charge in [0.05, 0.1) is 22.1 Å². The van der Waals surface area contributed by atoms with Crippen molar-refractivity contribution in [3.8, 4) is 28.3 Å². The molecule has 7 heteroatoms. The predicted molar refractivity (Wildman–Crippen MR) is 89.3 cm³/mol. The van der Waals surface area contributed by atoms with Crippen LogP contribution in [-0.2, 0) is 0 Å². The fourth-order valence-electron chi connectivity index (χ4n) is 2.89. The molecule has 1 atom stereocenters. The molecule has 118 valence electrons. The summed E-state index contributed by atoms with van der Waals surface area (Å²) in [4.78, 5) is 0.982. The minimum atomic E-state index is -0.457. The van der Waals surface area contributed by atoms with Gasteiger partial charge in [0, 0.05) is 0 Å². The highest BCUT2D eigenvalue weighted by Crippen LogP contribution is 2.46. The van der Waals surface area contributed by atoms with Crippen LogP contribution in [0.2, 0.25) is 0 Å². The molecule has 0 fully saturated rings. The molecule has 0 saturated heterocycles. The molecule has 0 unspecified atom stereocenters. The van der Waals surface area contributed by atoms with Crippen LogP contribution in [0.15, 0.2) is 53.2 Å². The number of aromatic amines is 1. The quantitative estimate of drug-likeness (QED) is 0.666. The fraction of sp³-hybridized carbons (Fsp3) is 0.0588. The average molecular weight is 336 g/mol. The Morgan fingerprint density at radius 2 is 2.21 bits per heavy atom. The van der Waals surface area contributed by atoms with Crippen molar-refractivity contribution in [2.45, 2.75) is 5.92 Å². The topological polar surface area (TPSA) is 108 Å². The van der Waals surface area contributed by atoms with Crippen molar-refractivity contribution in [1.29, 1.82) is 5.26 Å². The van der Waals surface area contributed by atoms with Crippen LogP contribution in [0.5, 0.6) is 11.6 Å². The molecule has 24 heavy (non-hydrogen) atoms. The van der Waals surface area contributed by atoms with E-state index in [2.05, 4.69) is 16.3 Å². The van der Waals surface area contributed by atoms with Gasteiger partial charge in [-0.1, -0.05) is 18.2 Å². The predicted octanol–water partition coefficient (Wildman–Crippen LogP) is 3.06. The molecule has 0 bridgehead atoms. The third-order valence-electron chi connectivity index (χ3n) is 3.91. The van der Waals surface area contributed by atoms with Gasteiger partial charge in [-0.05, 0) is 29.1 Å². The average Bonchev–Trinajstić information content (AvgIpc) is 3.22. The number of benzene rings is 1. The first-order chi connectivity index (χ1) is 11.7. The summed E-state index contributed by atoms with van der Waals surface area (Å²) < 4.78 is 5.53. The second kappa shape index (κ2) is 5.44. The minimum Gasteiger partial charge on any atom is -0.508 e. The van der Waals surface area contributed by atoms with Crippen molar-refractivity contribution in [3.05, 3.63) is 64.4 Å². The number of thiophene rings is 1. The van der Waals surface area contributed by atoms with Gasteiger partial charge in [-0.3, -0.25) is 5.10 Å². The lowest BCUT2D eigenvalue weighted by molar-refractivity contribution is 0.379. The summed E-state index contributed by atoms with van der Waals surface area (Å²) in [6.07, 6.45) is 0. The number of hydrogen-bond acceptors (Lipinski definition) is 6. The first-order valence-corrected chi connectivity index (χ1v) is 8.05. The molecule has 1 aliphatic rings. The van der Waals surface area contributed by atoms with Gasteiger partial charge in [-0.15, -0.1) is 16.4 Å². The number of aromatic nitrogens is 2. The lowest BCUT2D eigenvalue weighted by Crippen LogP contribution is -2.20. The highest BCUT2D eigenvalue weighted by molar-refractivity contribution is 7.13. The molecule has 4 N–H and O–H groups in total. The zero-order chi connectivity index (χ0) is 16.7. The zero-order valence-corrected chi connectivity index (χ0v) is 13.2. The van der Waals surface area contributed by atoms with E-state index in [-0.39, 0.29) is 11.6 Å². The lowest BCUT2D eigenvalue weighted by Gasteiger charge is -2.23. The Labute approximate surface area is 141 Å². The van der Waals surface area contributed by atoms with E-state index in [9.17, 15) is 10.4 Å². The van der Waals surface area contributed by atoms with Crippen LogP contribution in [0.3, 0.4) is 0 Å². The molecule has 1 aliphatic heterocycles. The Bertz CT molecular complexity index is 982. The molecule has 3 heterocycles. The van der Waals surface area contributed by atoms with Crippen LogP contribution in [0, 0.1) is 11.3 Å². The third kappa shape index (κ3) is 2.13. The number of nitriles is 1.